The van der Waals surface area contributed by atoms with E-state index >= 15 is 0 Å². The molecule has 1 rings (SSSR count). The predicted octanol–water partition coefficient (Wildman–Crippen LogP) is 3.67. The number of halogens is 6. The third-order valence-electron chi connectivity index (χ3n) is 3.42. The van der Waals surface area contributed by atoms with Crippen molar-refractivity contribution in [1.82, 2.24) is 0 Å². The minimum atomic E-state index is -5.93. The second-order valence-corrected chi connectivity index (χ2v) is 5.01. The fourth-order valence-electron chi connectivity index (χ4n) is 1.99. The molecule has 1 atom stereocenters. The zero-order chi connectivity index (χ0) is 18.1. The van der Waals surface area contributed by atoms with Crippen molar-refractivity contribution in [3.8, 4) is 0 Å². The van der Waals surface area contributed by atoms with Crippen LogP contribution in [0.3, 0.4) is 0 Å². The van der Waals surface area contributed by atoms with Gasteiger partial charge in [0, 0.05) is 5.56 Å². The molecule has 0 saturated carbocycles. The molecule has 23 heavy (non-hydrogen) atoms. The van der Waals surface area contributed by atoms with Crippen LogP contribution in [0.15, 0.2) is 24.3 Å². The van der Waals surface area contributed by atoms with Gasteiger partial charge >= 0.3 is 18.3 Å². The molecule has 0 heterocycles. The van der Waals surface area contributed by atoms with E-state index in [1.807, 2.05) is 0 Å². The number of rotatable bonds is 4. The monoisotopic (exact) mass is 344 g/mol. The van der Waals surface area contributed by atoms with Gasteiger partial charge in [-0.25, -0.2) is 0 Å². The van der Waals surface area contributed by atoms with Crippen LogP contribution in [0.25, 0.3) is 0 Å². The van der Waals surface area contributed by atoms with Crippen molar-refractivity contribution in [3.05, 3.63) is 35.4 Å². The first-order valence-corrected chi connectivity index (χ1v) is 6.37. The number of benzene rings is 1. The van der Waals surface area contributed by atoms with Crippen LogP contribution in [-0.4, -0.2) is 30.5 Å². The Morgan fingerprint density at radius 3 is 1.87 bits per heavy atom. The molecule has 1 aromatic rings. The standard InChI is InChI=1S/C14H14F6O3/c1-8(7-11(21)23-2)9-3-5-10(6-4-9)12(22,13(15,16)17)14(18,19)20/h3-6,8,22H,7H2,1-2H3. The minimum Gasteiger partial charge on any atom is -0.469 e. The summed E-state index contributed by atoms with van der Waals surface area (Å²) in [5, 5.41) is 9.24. The summed E-state index contributed by atoms with van der Waals surface area (Å²) < 4.78 is 80.8. The topological polar surface area (TPSA) is 46.5 Å². The van der Waals surface area contributed by atoms with Gasteiger partial charge in [-0.3, -0.25) is 4.79 Å². The Kier molecular flexibility index (Phi) is 5.35. The van der Waals surface area contributed by atoms with E-state index in [0.29, 0.717) is 17.7 Å². The highest BCUT2D eigenvalue weighted by Gasteiger charge is 2.71. The summed E-state index contributed by atoms with van der Waals surface area (Å²) in [4.78, 5) is 11.1. The molecule has 0 spiro atoms. The van der Waals surface area contributed by atoms with Crippen molar-refractivity contribution in [2.24, 2.45) is 0 Å². The number of hydrogen-bond donors (Lipinski definition) is 1. The lowest BCUT2D eigenvalue weighted by atomic mass is 9.89. The Bertz CT molecular complexity index is 533. The molecule has 0 bridgehead atoms. The van der Waals surface area contributed by atoms with E-state index in [4.69, 9.17) is 0 Å². The van der Waals surface area contributed by atoms with Crippen molar-refractivity contribution in [2.45, 2.75) is 37.2 Å². The fraction of sp³-hybridized carbons (Fsp3) is 0.500. The Balaban J connectivity index is 3.18. The Hall–Kier alpha value is -1.77. The predicted molar refractivity (Wildman–Crippen MR) is 67.5 cm³/mol. The highest BCUT2D eigenvalue weighted by molar-refractivity contribution is 5.70. The van der Waals surface area contributed by atoms with Crippen LogP contribution >= 0.6 is 0 Å². The van der Waals surface area contributed by atoms with E-state index in [1.165, 1.54) is 0 Å². The van der Waals surface area contributed by atoms with Crippen molar-refractivity contribution in [3.63, 3.8) is 0 Å². The largest absolute Gasteiger partial charge is 0.469 e. The fourth-order valence-corrected chi connectivity index (χ4v) is 1.99. The number of esters is 1. The number of hydrogen-bond acceptors (Lipinski definition) is 3. The maximum atomic E-state index is 12.7. The SMILES string of the molecule is COC(=O)CC(C)c1ccc(C(O)(C(F)(F)F)C(F)(F)F)cc1. The van der Waals surface area contributed by atoms with Gasteiger partial charge in [-0.05, 0) is 11.5 Å². The van der Waals surface area contributed by atoms with Gasteiger partial charge in [0.15, 0.2) is 0 Å². The van der Waals surface area contributed by atoms with Gasteiger partial charge in [-0.1, -0.05) is 31.2 Å². The molecule has 0 saturated heterocycles. The molecule has 1 aromatic carbocycles. The molecule has 0 radical (unpaired) electrons. The van der Waals surface area contributed by atoms with Crippen LogP contribution in [0.4, 0.5) is 26.3 Å². The normalized spacial score (nSPS) is 14.5. The van der Waals surface area contributed by atoms with Crippen LogP contribution in [0.1, 0.15) is 30.4 Å². The zero-order valence-corrected chi connectivity index (χ0v) is 12.1. The van der Waals surface area contributed by atoms with Crippen LogP contribution in [0, 0.1) is 0 Å². The average molecular weight is 344 g/mol. The Labute approximate surface area is 127 Å². The molecule has 0 aliphatic heterocycles. The van der Waals surface area contributed by atoms with Crippen molar-refractivity contribution in [2.75, 3.05) is 7.11 Å². The summed E-state index contributed by atoms with van der Waals surface area (Å²) >= 11 is 0. The molecule has 0 amide bonds. The molecule has 1 unspecified atom stereocenters. The third kappa shape index (κ3) is 3.77. The number of carbonyl (C=O) groups excluding carboxylic acids is 1. The van der Waals surface area contributed by atoms with Crippen LogP contribution in [-0.2, 0) is 15.1 Å². The smallest absolute Gasteiger partial charge is 0.430 e. The van der Waals surface area contributed by atoms with Gasteiger partial charge in [0.05, 0.1) is 13.5 Å². The van der Waals surface area contributed by atoms with Gasteiger partial charge in [0.25, 0.3) is 5.60 Å². The molecule has 3 nitrogen and oxygen atoms in total. The number of methoxy groups -OCH3 is 1. The number of aliphatic hydroxyl groups is 1. The first kappa shape index (κ1) is 19.3. The summed E-state index contributed by atoms with van der Waals surface area (Å²) in [5.41, 5.74) is -5.96. The minimum absolute atomic E-state index is 0.0847. The highest BCUT2D eigenvalue weighted by Crippen LogP contribution is 2.50. The summed E-state index contributed by atoms with van der Waals surface area (Å²) in [6.07, 6.45) is -11.9. The second kappa shape index (κ2) is 6.38. The van der Waals surface area contributed by atoms with E-state index < -0.39 is 35.4 Å². The van der Waals surface area contributed by atoms with Crippen molar-refractivity contribution in [1.29, 1.82) is 0 Å². The highest BCUT2D eigenvalue weighted by atomic mass is 19.4. The summed E-state index contributed by atoms with van der Waals surface area (Å²) in [7, 11) is 1.16. The van der Waals surface area contributed by atoms with E-state index in [0.717, 1.165) is 19.2 Å². The van der Waals surface area contributed by atoms with Gasteiger partial charge in [-0.15, -0.1) is 0 Å². The molecule has 0 aliphatic rings. The zero-order valence-electron chi connectivity index (χ0n) is 12.1. The van der Waals surface area contributed by atoms with Crippen LogP contribution < -0.4 is 0 Å². The lowest BCUT2D eigenvalue weighted by molar-refractivity contribution is -0.376. The maximum absolute atomic E-state index is 12.7. The Morgan fingerprint density at radius 1 is 1.09 bits per heavy atom. The number of carbonyl (C=O) groups is 1. The van der Waals surface area contributed by atoms with Crippen LogP contribution in [0.5, 0.6) is 0 Å². The number of ether oxygens (including phenoxy) is 1. The van der Waals surface area contributed by atoms with Crippen molar-refractivity contribution >= 4 is 5.97 Å². The molecule has 0 aliphatic carbocycles. The van der Waals surface area contributed by atoms with Crippen LogP contribution in [0.2, 0.25) is 0 Å². The van der Waals surface area contributed by atoms with Gasteiger partial charge in [-0.2, -0.15) is 26.3 Å². The lowest BCUT2D eigenvalue weighted by Gasteiger charge is -2.32. The molecular weight excluding hydrogens is 330 g/mol. The molecule has 9 heteroatoms. The van der Waals surface area contributed by atoms with E-state index in [-0.39, 0.29) is 6.42 Å². The van der Waals surface area contributed by atoms with Crippen molar-refractivity contribution < 1.29 is 41.0 Å². The van der Waals surface area contributed by atoms with Gasteiger partial charge < -0.3 is 9.84 Å². The summed E-state index contributed by atoms with van der Waals surface area (Å²) in [6.45, 7) is 1.56. The lowest BCUT2D eigenvalue weighted by Crippen LogP contribution is -2.53. The van der Waals surface area contributed by atoms with Gasteiger partial charge in [0.2, 0.25) is 0 Å². The Morgan fingerprint density at radius 2 is 1.52 bits per heavy atom. The molecule has 0 fully saturated rings. The first-order chi connectivity index (χ1) is 10.3. The quantitative estimate of drug-likeness (QED) is 0.670. The average Bonchev–Trinajstić information content (AvgIpc) is 2.43. The maximum Gasteiger partial charge on any atom is 0.430 e. The third-order valence-corrected chi connectivity index (χ3v) is 3.42. The summed E-state index contributed by atoms with van der Waals surface area (Å²) in [5.74, 6) is -1.04. The molecule has 0 aromatic heterocycles. The summed E-state index contributed by atoms with van der Waals surface area (Å²) in [6, 6.07) is 3.10. The van der Waals surface area contributed by atoms with E-state index in [2.05, 4.69) is 4.74 Å². The van der Waals surface area contributed by atoms with Gasteiger partial charge in [0.1, 0.15) is 0 Å². The number of alkyl halides is 6. The molecule has 1 N–H and O–H groups in total. The van der Waals surface area contributed by atoms with E-state index in [9.17, 15) is 36.2 Å². The molecule has 130 valence electrons. The second-order valence-electron chi connectivity index (χ2n) is 5.01. The first-order valence-electron chi connectivity index (χ1n) is 6.37. The molecular formula is C14H14F6O3. The van der Waals surface area contributed by atoms with E-state index in [1.54, 1.807) is 6.92 Å².